The van der Waals surface area contributed by atoms with Gasteiger partial charge in [0.05, 0.1) is 34.4 Å². The Morgan fingerprint density at radius 1 is 0.484 bits per heavy atom. The molecule has 0 aliphatic carbocycles. The topological polar surface area (TPSA) is 99.1 Å². The van der Waals surface area contributed by atoms with Gasteiger partial charge in [0.1, 0.15) is 6.61 Å². The number of carboxylic acids is 1. The molecule has 364 valence electrons. The van der Waals surface area contributed by atoms with Crippen LogP contribution < -0.4 is 0 Å². The SMILES string of the molecule is CC/C=C/C/C=C/C/C=C/C/C=C/C/C=C/CCCCCCCCCC(=O)OC(COCCC(C(=O)O)[N+](C)(C)C)COC(=O)CCC/C=C/C/C=C/C/C=C/CCCCCCCC. The Balaban J connectivity index is 4.37. The number of carbonyl (C=O) groups is 3. The first-order valence-corrected chi connectivity index (χ1v) is 25.3. The third-order valence-electron chi connectivity index (χ3n) is 10.7. The van der Waals surface area contributed by atoms with Crippen LogP contribution in [0.25, 0.3) is 0 Å². The average molecular weight is 893 g/mol. The molecule has 0 radical (unpaired) electrons. The summed E-state index contributed by atoms with van der Waals surface area (Å²) in [6.07, 6.45) is 61.8. The number of rotatable bonds is 44. The average Bonchev–Trinajstić information content (AvgIpc) is 3.26. The zero-order chi connectivity index (χ0) is 47.0. The van der Waals surface area contributed by atoms with E-state index in [1.165, 1.54) is 64.2 Å². The van der Waals surface area contributed by atoms with E-state index in [9.17, 15) is 19.5 Å². The maximum absolute atomic E-state index is 12.8. The molecule has 2 atom stereocenters. The Bertz CT molecular complexity index is 1360. The van der Waals surface area contributed by atoms with Crippen LogP contribution in [0.4, 0.5) is 0 Å². The second kappa shape index (κ2) is 45.8. The van der Waals surface area contributed by atoms with Gasteiger partial charge < -0.3 is 23.8 Å². The van der Waals surface area contributed by atoms with E-state index < -0.39 is 18.1 Å². The molecule has 1 N–H and O–H groups in total. The number of likely N-dealkylation sites (N-methyl/N-ethyl adjacent to an activating group) is 1. The fraction of sp³-hybridized carbons (Fsp3) is 0.661. The number of esters is 2. The van der Waals surface area contributed by atoms with Gasteiger partial charge in [-0.25, -0.2) is 4.79 Å². The number of carbonyl (C=O) groups excluding carboxylic acids is 2. The number of nitrogens with zero attached hydrogens (tertiary/aromatic N) is 1. The van der Waals surface area contributed by atoms with Crippen molar-refractivity contribution in [1.29, 1.82) is 0 Å². The van der Waals surface area contributed by atoms with Crippen molar-refractivity contribution in [1.82, 2.24) is 0 Å². The second-order valence-electron chi connectivity index (χ2n) is 17.7. The third kappa shape index (κ3) is 43.5. The number of allylic oxidation sites excluding steroid dienone is 16. The van der Waals surface area contributed by atoms with Crippen LogP contribution in [0.1, 0.15) is 187 Å². The summed E-state index contributed by atoms with van der Waals surface area (Å²) in [6.45, 7) is 4.54. The Labute approximate surface area is 392 Å². The van der Waals surface area contributed by atoms with Crippen LogP contribution in [0.2, 0.25) is 0 Å². The lowest BCUT2D eigenvalue weighted by molar-refractivity contribution is -0.887. The van der Waals surface area contributed by atoms with Crippen LogP contribution >= 0.6 is 0 Å². The minimum absolute atomic E-state index is 0.0350. The zero-order valence-corrected chi connectivity index (χ0v) is 41.4. The number of aliphatic carboxylic acids is 1. The van der Waals surface area contributed by atoms with Crippen molar-refractivity contribution in [2.24, 2.45) is 0 Å². The summed E-state index contributed by atoms with van der Waals surface area (Å²) in [5, 5.41) is 9.65. The maximum atomic E-state index is 12.8. The molecular weight excluding hydrogens is 799 g/mol. The lowest BCUT2D eigenvalue weighted by Crippen LogP contribution is -2.50. The summed E-state index contributed by atoms with van der Waals surface area (Å²) < 4.78 is 17.3. The Hall–Kier alpha value is -3.75. The first-order valence-electron chi connectivity index (χ1n) is 25.3. The molecule has 0 aromatic heterocycles. The molecule has 0 saturated heterocycles. The smallest absolute Gasteiger partial charge is 0.362 e. The summed E-state index contributed by atoms with van der Waals surface area (Å²) in [7, 11) is 5.51. The summed E-state index contributed by atoms with van der Waals surface area (Å²) in [5.74, 6) is -1.56. The van der Waals surface area contributed by atoms with Gasteiger partial charge in [-0.15, -0.1) is 0 Å². The van der Waals surface area contributed by atoms with E-state index in [0.29, 0.717) is 19.3 Å². The van der Waals surface area contributed by atoms with Crippen LogP contribution in [-0.2, 0) is 28.6 Å². The van der Waals surface area contributed by atoms with E-state index in [0.717, 1.165) is 83.5 Å². The molecule has 0 saturated carbocycles. The van der Waals surface area contributed by atoms with Crippen LogP contribution in [-0.4, -0.2) is 80.6 Å². The van der Waals surface area contributed by atoms with Gasteiger partial charge in [0.25, 0.3) is 0 Å². The Morgan fingerprint density at radius 3 is 1.34 bits per heavy atom. The molecule has 0 rings (SSSR count). The van der Waals surface area contributed by atoms with Gasteiger partial charge in [0.2, 0.25) is 0 Å². The van der Waals surface area contributed by atoms with Crippen LogP contribution in [0, 0.1) is 0 Å². The molecule has 0 fully saturated rings. The van der Waals surface area contributed by atoms with Crippen LogP contribution in [0.15, 0.2) is 97.2 Å². The predicted molar refractivity (Wildman–Crippen MR) is 270 cm³/mol. The van der Waals surface area contributed by atoms with E-state index in [-0.39, 0.29) is 42.7 Å². The van der Waals surface area contributed by atoms with E-state index in [2.05, 4.69) is 111 Å². The number of carboxylic acid groups (broad SMARTS) is 1. The molecule has 0 amide bonds. The highest BCUT2D eigenvalue weighted by Crippen LogP contribution is 2.13. The molecule has 2 unspecified atom stereocenters. The number of hydrogen-bond donors (Lipinski definition) is 1. The van der Waals surface area contributed by atoms with Crippen molar-refractivity contribution in [3.8, 4) is 0 Å². The second-order valence-corrected chi connectivity index (χ2v) is 17.7. The largest absolute Gasteiger partial charge is 0.477 e. The lowest BCUT2D eigenvalue weighted by Gasteiger charge is -2.31. The van der Waals surface area contributed by atoms with Gasteiger partial charge >= 0.3 is 17.9 Å². The summed E-state index contributed by atoms with van der Waals surface area (Å²) in [4.78, 5) is 37.1. The monoisotopic (exact) mass is 893 g/mol. The predicted octanol–water partition coefficient (Wildman–Crippen LogP) is 14.6. The Kier molecular flexibility index (Phi) is 43.1. The normalized spacial score (nSPS) is 13.7. The van der Waals surface area contributed by atoms with Crippen LogP contribution in [0.5, 0.6) is 0 Å². The van der Waals surface area contributed by atoms with Crippen LogP contribution in [0.3, 0.4) is 0 Å². The van der Waals surface area contributed by atoms with Crippen molar-refractivity contribution in [3.63, 3.8) is 0 Å². The van der Waals surface area contributed by atoms with Gasteiger partial charge in [0.15, 0.2) is 12.1 Å². The third-order valence-corrected chi connectivity index (χ3v) is 10.7. The van der Waals surface area contributed by atoms with E-state index >= 15 is 0 Å². The molecular formula is C56H94NO7+. The molecule has 0 aliphatic rings. The number of quaternary nitrogens is 1. The molecule has 0 aromatic rings. The van der Waals surface area contributed by atoms with Gasteiger partial charge in [-0.2, -0.15) is 0 Å². The maximum Gasteiger partial charge on any atom is 0.362 e. The molecule has 64 heavy (non-hydrogen) atoms. The van der Waals surface area contributed by atoms with Gasteiger partial charge in [-0.3, -0.25) is 9.59 Å². The van der Waals surface area contributed by atoms with Crippen molar-refractivity contribution in [2.75, 3.05) is 41.0 Å². The highest BCUT2D eigenvalue weighted by atomic mass is 16.6. The van der Waals surface area contributed by atoms with E-state index in [4.69, 9.17) is 14.2 Å². The minimum Gasteiger partial charge on any atom is -0.477 e. The summed E-state index contributed by atoms with van der Waals surface area (Å²) in [6, 6.07) is -0.630. The first kappa shape index (κ1) is 60.2. The summed E-state index contributed by atoms with van der Waals surface area (Å²) >= 11 is 0. The summed E-state index contributed by atoms with van der Waals surface area (Å²) in [5.41, 5.74) is 0. The molecule has 0 bridgehead atoms. The quantitative estimate of drug-likeness (QED) is 0.0281. The highest BCUT2D eigenvalue weighted by Gasteiger charge is 2.31. The highest BCUT2D eigenvalue weighted by molar-refractivity contribution is 5.72. The van der Waals surface area contributed by atoms with E-state index in [1.807, 2.05) is 21.1 Å². The fourth-order valence-electron chi connectivity index (χ4n) is 6.84. The minimum atomic E-state index is -0.887. The molecule has 8 nitrogen and oxygen atoms in total. The number of unbranched alkanes of at least 4 members (excludes halogenated alkanes) is 14. The molecule has 0 heterocycles. The van der Waals surface area contributed by atoms with Crippen molar-refractivity contribution < 1.29 is 38.2 Å². The Morgan fingerprint density at radius 2 is 0.891 bits per heavy atom. The zero-order valence-electron chi connectivity index (χ0n) is 41.4. The van der Waals surface area contributed by atoms with Crippen molar-refractivity contribution in [2.45, 2.75) is 199 Å². The lowest BCUT2D eigenvalue weighted by atomic mass is 10.1. The van der Waals surface area contributed by atoms with Crippen molar-refractivity contribution >= 4 is 17.9 Å². The van der Waals surface area contributed by atoms with Gasteiger partial charge in [-0.1, -0.05) is 175 Å². The fourth-order valence-corrected chi connectivity index (χ4v) is 6.84. The molecule has 0 aromatic carbocycles. The van der Waals surface area contributed by atoms with Gasteiger partial charge in [0, 0.05) is 19.3 Å². The number of hydrogen-bond acceptors (Lipinski definition) is 6. The standard InChI is InChI=1S/C56H93NO7/c1-6-8-10-12-14-16-18-20-22-24-25-26-27-28-29-31-33-35-37-39-41-43-45-47-55(59)64-52(50-62-49-48-53(56(60)61)57(3,4)5)51-63-54(58)46-44-42-40-38-36-34-32-30-23-21-19-17-15-13-11-9-7-2/h8,10,14,16,20-23,25-26,28-29,32,34,38,40,52-53H,6-7,9,11-13,15,17-19,24,27,30-31,33,35-37,39,41-51H2,1-5H3/p+1/b10-8+,16-14+,22-20+,23-21+,26-25+,29-28+,34-32+,40-38+. The number of ether oxygens (including phenoxy) is 3. The molecule has 8 heteroatoms. The molecule has 0 aliphatic heterocycles. The molecule has 0 spiro atoms. The van der Waals surface area contributed by atoms with E-state index in [1.54, 1.807) is 0 Å². The van der Waals surface area contributed by atoms with Crippen molar-refractivity contribution in [3.05, 3.63) is 97.2 Å². The first-order chi connectivity index (χ1) is 31.1. The van der Waals surface area contributed by atoms with Gasteiger partial charge in [-0.05, 0) is 89.9 Å².